The van der Waals surface area contributed by atoms with Gasteiger partial charge in [-0.05, 0) is 50.2 Å². The van der Waals surface area contributed by atoms with E-state index in [2.05, 4.69) is 36.5 Å². The Morgan fingerprint density at radius 1 is 1.14 bits per heavy atom. The van der Waals surface area contributed by atoms with Crippen molar-refractivity contribution in [2.24, 2.45) is 0 Å². The van der Waals surface area contributed by atoms with E-state index in [4.69, 9.17) is 4.74 Å². The van der Waals surface area contributed by atoms with Crippen LogP contribution in [0.2, 0.25) is 0 Å². The number of ether oxygens (including phenoxy) is 1. The van der Waals surface area contributed by atoms with Crippen molar-refractivity contribution < 1.29 is 4.74 Å². The summed E-state index contributed by atoms with van der Waals surface area (Å²) in [6.07, 6.45) is 9.60. The molecule has 0 radical (unpaired) electrons. The summed E-state index contributed by atoms with van der Waals surface area (Å²) < 4.78 is 6.57. The lowest BCUT2D eigenvalue weighted by molar-refractivity contribution is -0.0502. The molecule has 2 aliphatic heterocycles. The summed E-state index contributed by atoms with van der Waals surface area (Å²) in [5, 5.41) is 3.51. The van der Waals surface area contributed by atoms with Gasteiger partial charge >= 0.3 is 0 Å². The topological polar surface area (TPSA) is 21.3 Å². The fraction of sp³-hybridized carbons (Fsp3) is 0.684. The van der Waals surface area contributed by atoms with Crippen molar-refractivity contribution in [1.29, 1.82) is 0 Å². The molecule has 2 nitrogen and oxygen atoms in total. The van der Waals surface area contributed by atoms with Gasteiger partial charge in [0.05, 0.1) is 11.7 Å². The molecule has 1 unspecified atom stereocenters. The Balaban J connectivity index is 1.51. The Kier molecular flexibility index (Phi) is 3.35. The molecule has 0 bridgehead atoms. The summed E-state index contributed by atoms with van der Waals surface area (Å²) in [7, 11) is 0. The van der Waals surface area contributed by atoms with E-state index in [0.29, 0.717) is 11.5 Å². The van der Waals surface area contributed by atoms with Crippen molar-refractivity contribution in [3.8, 4) is 0 Å². The summed E-state index contributed by atoms with van der Waals surface area (Å²) in [5.41, 5.74) is 3.57. The van der Waals surface area contributed by atoms with Crippen molar-refractivity contribution in [2.45, 2.75) is 69.0 Å². The number of hydrogen-bond donors (Lipinski definition) is 1. The van der Waals surface area contributed by atoms with Crippen molar-refractivity contribution in [3.63, 3.8) is 0 Å². The third kappa shape index (κ3) is 2.33. The first-order valence-corrected chi connectivity index (χ1v) is 8.66. The van der Waals surface area contributed by atoms with Gasteiger partial charge in [-0.2, -0.15) is 0 Å². The molecule has 2 heteroatoms. The van der Waals surface area contributed by atoms with Gasteiger partial charge in [0.15, 0.2) is 0 Å². The average Bonchev–Trinajstić information content (AvgIpc) is 3.06. The molecule has 3 fully saturated rings. The van der Waals surface area contributed by atoms with Crippen molar-refractivity contribution >= 4 is 0 Å². The van der Waals surface area contributed by atoms with Crippen LogP contribution in [0.5, 0.6) is 0 Å². The van der Waals surface area contributed by atoms with Gasteiger partial charge in [-0.25, -0.2) is 0 Å². The van der Waals surface area contributed by atoms with Gasteiger partial charge in [0.2, 0.25) is 0 Å². The zero-order chi connectivity index (χ0) is 14.3. The summed E-state index contributed by atoms with van der Waals surface area (Å²) in [5.74, 6) is 0. The predicted octanol–water partition coefficient (Wildman–Crippen LogP) is 3.72. The van der Waals surface area contributed by atoms with Crippen LogP contribution in [-0.2, 0) is 10.2 Å². The van der Waals surface area contributed by atoms with Gasteiger partial charge in [-0.3, -0.25) is 0 Å². The molecular formula is C19H27NO. The fourth-order valence-electron chi connectivity index (χ4n) is 4.90. The summed E-state index contributed by atoms with van der Waals surface area (Å²) >= 11 is 0. The van der Waals surface area contributed by atoms with Crippen molar-refractivity contribution in [2.75, 3.05) is 13.1 Å². The van der Waals surface area contributed by atoms with Crippen LogP contribution in [0.1, 0.15) is 56.1 Å². The second-order valence-electron chi connectivity index (χ2n) is 7.57. The molecule has 1 saturated carbocycles. The second-order valence-corrected chi connectivity index (χ2v) is 7.57. The zero-order valence-electron chi connectivity index (χ0n) is 13.2. The molecule has 114 valence electrons. The fourth-order valence-corrected chi connectivity index (χ4v) is 4.90. The van der Waals surface area contributed by atoms with Gasteiger partial charge in [0.25, 0.3) is 0 Å². The van der Waals surface area contributed by atoms with Crippen LogP contribution >= 0.6 is 0 Å². The van der Waals surface area contributed by atoms with Gasteiger partial charge in [0.1, 0.15) is 0 Å². The molecule has 2 saturated heterocycles. The predicted molar refractivity (Wildman–Crippen MR) is 85.6 cm³/mol. The van der Waals surface area contributed by atoms with E-state index in [1.54, 1.807) is 5.56 Å². The van der Waals surface area contributed by atoms with Crippen LogP contribution in [0.4, 0.5) is 0 Å². The maximum atomic E-state index is 6.57. The van der Waals surface area contributed by atoms with E-state index in [9.17, 15) is 0 Å². The molecule has 4 rings (SSSR count). The van der Waals surface area contributed by atoms with Crippen LogP contribution in [0.25, 0.3) is 0 Å². The van der Waals surface area contributed by atoms with Gasteiger partial charge < -0.3 is 10.1 Å². The van der Waals surface area contributed by atoms with E-state index in [1.807, 2.05) is 0 Å². The van der Waals surface area contributed by atoms with Gasteiger partial charge in [-0.1, -0.05) is 37.1 Å². The lowest BCUT2D eigenvalue weighted by Gasteiger charge is -2.45. The monoisotopic (exact) mass is 285 g/mol. The molecule has 1 aliphatic carbocycles. The molecule has 0 amide bonds. The normalized spacial score (nSPS) is 29.7. The van der Waals surface area contributed by atoms with E-state index in [-0.39, 0.29) is 5.60 Å². The minimum Gasteiger partial charge on any atom is -0.372 e. The first kappa shape index (κ1) is 13.8. The summed E-state index contributed by atoms with van der Waals surface area (Å²) in [6.45, 7) is 4.48. The smallest absolute Gasteiger partial charge is 0.0687 e. The van der Waals surface area contributed by atoms with Crippen LogP contribution < -0.4 is 5.32 Å². The van der Waals surface area contributed by atoms with Crippen LogP contribution in [0.3, 0.4) is 0 Å². The molecule has 1 aromatic carbocycles. The SMILES string of the molecule is Cc1ccccc1C1(CC2CCC3(CCCC3)O2)CNC1. The lowest BCUT2D eigenvalue weighted by Crippen LogP contribution is -2.58. The number of rotatable bonds is 3. The Hall–Kier alpha value is -0.860. The molecule has 1 atom stereocenters. The molecular weight excluding hydrogens is 258 g/mol. The van der Waals surface area contributed by atoms with Crippen LogP contribution in [0.15, 0.2) is 24.3 Å². The zero-order valence-corrected chi connectivity index (χ0v) is 13.2. The maximum absolute atomic E-state index is 6.57. The number of aryl methyl sites for hydroxylation is 1. The second kappa shape index (κ2) is 5.10. The Morgan fingerprint density at radius 3 is 2.57 bits per heavy atom. The Morgan fingerprint density at radius 2 is 1.90 bits per heavy atom. The minimum absolute atomic E-state index is 0.273. The molecule has 1 N–H and O–H groups in total. The quantitative estimate of drug-likeness (QED) is 0.914. The Bertz CT molecular complexity index is 514. The minimum atomic E-state index is 0.273. The molecule has 2 heterocycles. The largest absolute Gasteiger partial charge is 0.372 e. The number of benzene rings is 1. The molecule has 3 aliphatic rings. The first-order chi connectivity index (χ1) is 10.2. The van der Waals surface area contributed by atoms with E-state index < -0.39 is 0 Å². The van der Waals surface area contributed by atoms with E-state index in [1.165, 1.54) is 50.5 Å². The van der Waals surface area contributed by atoms with Crippen LogP contribution in [0, 0.1) is 6.92 Å². The molecule has 1 aromatic rings. The maximum Gasteiger partial charge on any atom is 0.0687 e. The van der Waals surface area contributed by atoms with E-state index >= 15 is 0 Å². The highest BCUT2D eigenvalue weighted by atomic mass is 16.5. The van der Waals surface area contributed by atoms with Crippen LogP contribution in [-0.4, -0.2) is 24.8 Å². The van der Waals surface area contributed by atoms with Crippen molar-refractivity contribution in [3.05, 3.63) is 35.4 Å². The Labute approximate surface area is 128 Å². The van der Waals surface area contributed by atoms with E-state index in [0.717, 1.165) is 13.1 Å². The lowest BCUT2D eigenvalue weighted by atomic mass is 9.69. The van der Waals surface area contributed by atoms with Gasteiger partial charge in [0, 0.05) is 18.5 Å². The standard InChI is InChI=1S/C19H27NO/c1-15-6-2-3-7-17(15)18(13-20-14-18)12-16-8-11-19(21-16)9-4-5-10-19/h2-3,6-7,16,20H,4-5,8-14H2,1H3. The van der Waals surface area contributed by atoms with Gasteiger partial charge in [-0.15, -0.1) is 0 Å². The van der Waals surface area contributed by atoms with Crippen molar-refractivity contribution in [1.82, 2.24) is 5.32 Å². The molecule has 1 spiro atoms. The summed E-state index contributed by atoms with van der Waals surface area (Å²) in [4.78, 5) is 0. The molecule has 0 aromatic heterocycles. The average molecular weight is 285 g/mol. The molecule has 21 heavy (non-hydrogen) atoms. The number of hydrogen-bond acceptors (Lipinski definition) is 2. The number of nitrogens with one attached hydrogen (secondary N) is 1. The third-order valence-corrected chi connectivity index (χ3v) is 6.11. The highest BCUT2D eigenvalue weighted by Crippen LogP contribution is 2.47. The third-order valence-electron chi connectivity index (χ3n) is 6.11. The summed E-state index contributed by atoms with van der Waals surface area (Å²) in [6, 6.07) is 8.93. The highest BCUT2D eigenvalue weighted by Gasteiger charge is 2.47. The first-order valence-electron chi connectivity index (χ1n) is 8.66. The highest BCUT2D eigenvalue weighted by molar-refractivity contribution is 5.36.